The number of nitrogens with zero attached hydrogens (tertiary/aromatic N) is 5. The Hall–Kier alpha value is -3.48. The average molecular weight is 374 g/mol. The maximum atomic E-state index is 12.7. The summed E-state index contributed by atoms with van der Waals surface area (Å²) in [4.78, 5) is 21.7. The van der Waals surface area contributed by atoms with Crippen LogP contribution in [-0.4, -0.2) is 30.1 Å². The van der Waals surface area contributed by atoms with Crippen molar-refractivity contribution in [2.24, 2.45) is 0 Å². The molecule has 4 rings (SSSR count). The normalized spacial score (nSPS) is 12.2. The van der Waals surface area contributed by atoms with E-state index in [0.29, 0.717) is 5.56 Å². The van der Waals surface area contributed by atoms with Gasteiger partial charge in [0.25, 0.3) is 5.91 Å². The second kappa shape index (κ2) is 7.64. The summed E-state index contributed by atoms with van der Waals surface area (Å²) in [6.07, 6.45) is 6.21. The number of imidazole rings is 1. The average Bonchev–Trinajstić information content (AvgIpc) is 3.35. The number of nitrogens with one attached hydrogen (secondary N) is 1. The molecule has 28 heavy (non-hydrogen) atoms. The molecule has 3 heterocycles. The first-order valence-electron chi connectivity index (χ1n) is 9.38. The van der Waals surface area contributed by atoms with Crippen LogP contribution in [-0.2, 0) is 6.54 Å². The van der Waals surface area contributed by atoms with E-state index in [-0.39, 0.29) is 11.9 Å². The zero-order valence-electron chi connectivity index (χ0n) is 15.9. The first kappa shape index (κ1) is 17.9. The molecule has 1 atom stereocenters. The van der Waals surface area contributed by atoms with Crippen LogP contribution in [0.5, 0.6) is 0 Å². The van der Waals surface area contributed by atoms with E-state index < -0.39 is 0 Å². The fraction of sp³-hybridized carbons (Fsp3) is 0.238. The number of amides is 1. The smallest absolute Gasteiger partial charge is 0.253 e. The van der Waals surface area contributed by atoms with Crippen LogP contribution in [0, 0.1) is 0 Å². The summed E-state index contributed by atoms with van der Waals surface area (Å²) >= 11 is 0. The minimum Gasteiger partial charge on any atom is -0.342 e. The zero-order valence-corrected chi connectivity index (χ0v) is 15.9. The van der Waals surface area contributed by atoms with Crippen LogP contribution in [0.2, 0.25) is 0 Å². The second-order valence-corrected chi connectivity index (χ2v) is 6.71. The summed E-state index contributed by atoms with van der Waals surface area (Å²) in [5.74, 6) is 0.598. The number of aryl methyl sites for hydroxylation is 1. The molecular weight excluding hydrogens is 352 g/mol. The van der Waals surface area contributed by atoms with E-state index in [4.69, 9.17) is 0 Å². The molecular formula is C21H22N6O. The molecule has 0 aliphatic heterocycles. The van der Waals surface area contributed by atoms with Crippen molar-refractivity contribution in [3.05, 3.63) is 72.6 Å². The number of pyridine rings is 1. The predicted molar refractivity (Wildman–Crippen MR) is 107 cm³/mol. The van der Waals surface area contributed by atoms with E-state index >= 15 is 0 Å². The third-order valence-corrected chi connectivity index (χ3v) is 4.60. The monoisotopic (exact) mass is 374 g/mol. The molecule has 0 radical (unpaired) electrons. The van der Waals surface area contributed by atoms with E-state index in [9.17, 15) is 4.79 Å². The zero-order chi connectivity index (χ0) is 19.5. The molecule has 0 saturated heterocycles. The predicted octanol–water partition coefficient (Wildman–Crippen LogP) is 3.49. The van der Waals surface area contributed by atoms with Crippen LogP contribution >= 0.6 is 0 Å². The minimum absolute atomic E-state index is 0.157. The fourth-order valence-electron chi connectivity index (χ4n) is 3.21. The van der Waals surface area contributed by atoms with Gasteiger partial charge in [0.15, 0.2) is 0 Å². The van der Waals surface area contributed by atoms with Crippen LogP contribution < -0.4 is 5.32 Å². The Bertz CT molecular complexity index is 1100. The summed E-state index contributed by atoms with van der Waals surface area (Å²) < 4.78 is 3.71. The highest BCUT2D eigenvalue weighted by atomic mass is 16.1. The van der Waals surface area contributed by atoms with Gasteiger partial charge in [-0.1, -0.05) is 37.3 Å². The van der Waals surface area contributed by atoms with Gasteiger partial charge < -0.3 is 9.72 Å². The van der Waals surface area contributed by atoms with Crippen molar-refractivity contribution in [1.82, 2.24) is 29.5 Å². The Balaban J connectivity index is 1.55. The SMILES string of the molecule is CCCn1ncnc1[C@@H](C)NC(=O)c1ccc2nc(-c3ccccc3)cn2c1. The maximum absolute atomic E-state index is 12.7. The van der Waals surface area contributed by atoms with Gasteiger partial charge in [-0.3, -0.25) is 4.79 Å². The largest absolute Gasteiger partial charge is 0.342 e. The Kier molecular flexibility index (Phi) is 4.89. The molecule has 7 nitrogen and oxygen atoms in total. The van der Waals surface area contributed by atoms with Crippen molar-refractivity contribution in [3.8, 4) is 11.3 Å². The molecule has 1 aromatic carbocycles. The Labute approximate surface area is 163 Å². The fourth-order valence-corrected chi connectivity index (χ4v) is 3.21. The molecule has 7 heteroatoms. The number of aromatic nitrogens is 5. The van der Waals surface area contributed by atoms with E-state index in [1.54, 1.807) is 12.3 Å². The molecule has 0 aliphatic carbocycles. The number of carbonyl (C=O) groups excluding carboxylic acids is 1. The van der Waals surface area contributed by atoms with Crippen LogP contribution in [0.15, 0.2) is 61.2 Å². The topological polar surface area (TPSA) is 77.1 Å². The van der Waals surface area contributed by atoms with Crippen LogP contribution in [0.25, 0.3) is 16.9 Å². The lowest BCUT2D eigenvalue weighted by Gasteiger charge is -2.14. The molecule has 3 aromatic heterocycles. The van der Waals surface area contributed by atoms with Gasteiger partial charge in [-0.2, -0.15) is 5.10 Å². The van der Waals surface area contributed by atoms with Crippen molar-refractivity contribution in [2.45, 2.75) is 32.9 Å². The second-order valence-electron chi connectivity index (χ2n) is 6.71. The molecule has 1 N–H and O–H groups in total. The van der Waals surface area contributed by atoms with Crippen molar-refractivity contribution in [2.75, 3.05) is 0 Å². The third-order valence-electron chi connectivity index (χ3n) is 4.60. The highest BCUT2D eigenvalue weighted by molar-refractivity contribution is 5.94. The van der Waals surface area contributed by atoms with E-state index in [0.717, 1.165) is 35.7 Å². The summed E-state index contributed by atoms with van der Waals surface area (Å²) in [7, 11) is 0. The quantitative estimate of drug-likeness (QED) is 0.560. The van der Waals surface area contributed by atoms with Gasteiger partial charge >= 0.3 is 0 Å². The number of carbonyl (C=O) groups is 1. The van der Waals surface area contributed by atoms with Gasteiger partial charge in [0.1, 0.15) is 17.8 Å². The number of hydrogen-bond donors (Lipinski definition) is 1. The first-order chi connectivity index (χ1) is 13.7. The third kappa shape index (κ3) is 3.51. The molecule has 0 bridgehead atoms. The Morgan fingerprint density at radius 3 is 2.75 bits per heavy atom. The molecule has 0 fully saturated rings. The number of rotatable bonds is 6. The van der Waals surface area contributed by atoms with Crippen molar-refractivity contribution in [3.63, 3.8) is 0 Å². The van der Waals surface area contributed by atoms with E-state index in [1.165, 1.54) is 6.33 Å². The summed E-state index contributed by atoms with van der Waals surface area (Å²) in [6, 6.07) is 13.4. The Morgan fingerprint density at radius 1 is 1.14 bits per heavy atom. The van der Waals surface area contributed by atoms with Crippen molar-refractivity contribution in [1.29, 1.82) is 0 Å². The van der Waals surface area contributed by atoms with Gasteiger partial charge in [0.2, 0.25) is 0 Å². The molecule has 1 amide bonds. The number of fused-ring (bicyclic) bond motifs is 1. The minimum atomic E-state index is -0.236. The van der Waals surface area contributed by atoms with Gasteiger partial charge in [-0.25, -0.2) is 14.6 Å². The number of hydrogen-bond acceptors (Lipinski definition) is 4. The molecule has 0 unspecified atom stereocenters. The Morgan fingerprint density at radius 2 is 1.96 bits per heavy atom. The molecule has 4 aromatic rings. The van der Waals surface area contributed by atoms with Gasteiger partial charge in [-0.05, 0) is 25.5 Å². The molecule has 0 aliphatic rings. The first-order valence-corrected chi connectivity index (χ1v) is 9.38. The molecule has 142 valence electrons. The lowest BCUT2D eigenvalue weighted by molar-refractivity contribution is 0.0937. The van der Waals surface area contributed by atoms with Crippen LogP contribution in [0.3, 0.4) is 0 Å². The van der Waals surface area contributed by atoms with E-state index in [1.807, 2.05) is 58.6 Å². The lowest BCUT2D eigenvalue weighted by atomic mass is 10.2. The van der Waals surface area contributed by atoms with Crippen molar-refractivity contribution >= 4 is 11.6 Å². The van der Waals surface area contributed by atoms with Gasteiger partial charge in [0.05, 0.1) is 17.3 Å². The van der Waals surface area contributed by atoms with E-state index in [2.05, 4.69) is 27.3 Å². The highest BCUT2D eigenvalue weighted by Gasteiger charge is 2.17. The lowest BCUT2D eigenvalue weighted by Crippen LogP contribution is -2.29. The molecule has 0 spiro atoms. The van der Waals surface area contributed by atoms with Crippen LogP contribution in [0.4, 0.5) is 0 Å². The van der Waals surface area contributed by atoms with Gasteiger partial charge in [-0.15, -0.1) is 0 Å². The highest BCUT2D eigenvalue weighted by Crippen LogP contribution is 2.19. The van der Waals surface area contributed by atoms with Crippen LogP contribution in [0.1, 0.15) is 42.5 Å². The maximum Gasteiger partial charge on any atom is 0.253 e. The summed E-state index contributed by atoms with van der Waals surface area (Å²) in [5.41, 5.74) is 3.28. The van der Waals surface area contributed by atoms with Crippen molar-refractivity contribution < 1.29 is 4.79 Å². The molecule has 0 saturated carbocycles. The van der Waals surface area contributed by atoms with Gasteiger partial charge in [0, 0.05) is 24.5 Å². The summed E-state index contributed by atoms with van der Waals surface area (Å²) in [5, 5.41) is 7.23. The summed E-state index contributed by atoms with van der Waals surface area (Å²) in [6.45, 7) is 4.77. The number of benzene rings is 1. The standard InChI is InChI=1S/C21H22N6O/c1-3-11-27-20(22-14-23-27)15(2)24-21(28)17-9-10-19-25-18(13-26(19)12-17)16-7-5-4-6-8-16/h4-10,12-15H,3,11H2,1-2H3,(H,24,28)/t15-/m1/s1.